The van der Waals surface area contributed by atoms with E-state index in [1.807, 2.05) is 24.4 Å². The molecule has 98 valence electrons. The fourth-order valence-corrected chi connectivity index (χ4v) is 2.90. The number of nitrogens with zero attached hydrogens (tertiary/aromatic N) is 2. The SMILES string of the molecule is CN(c1ccccn1)C1CCc2c(N)cccc2C1. The number of fused-ring (bicyclic) bond motifs is 1. The second-order valence-corrected chi connectivity index (χ2v) is 5.18. The van der Waals surface area contributed by atoms with Gasteiger partial charge in [-0.1, -0.05) is 18.2 Å². The Morgan fingerprint density at radius 2 is 2.11 bits per heavy atom. The molecular weight excluding hydrogens is 234 g/mol. The van der Waals surface area contributed by atoms with Gasteiger partial charge < -0.3 is 10.6 Å². The van der Waals surface area contributed by atoms with Crippen LogP contribution in [0.4, 0.5) is 11.5 Å². The van der Waals surface area contributed by atoms with Crippen LogP contribution in [0.25, 0.3) is 0 Å². The largest absolute Gasteiger partial charge is 0.398 e. The van der Waals surface area contributed by atoms with Crippen molar-refractivity contribution in [2.45, 2.75) is 25.3 Å². The van der Waals surface area contributed by atoms with Crippen LogP contribution in [0.15, 0.2) is 42.6 Å². The standard InChI is InChI=1S/C16H19N3/c1-19(16-7-2-3-10-18-16)13-8-9-14-12(11-13)5-4-6-15(14)17/h2-7,10,13H,8-9,11,17H2,1H3. The molecule has 0 saturated carbocycles. The van der Waals surface area contributed by atoms with E-state index < -0.39 is 0 Å². The Hall–Kier alpha value is -2.03. The van der Waals surface area contributed by atoms with Gasteiger partial charge >= 0.3 is 0 Å². The van der Waals surface area contributed by atoms with Gasteiger partial charge in [-0.25, -0.2) is 4.98 Å². The summed E-state index contributed by atoms with van der Waals surface area (Å²) in [6.45, 7) is 0. The van der Waals surface area contributed by atoms with Gasteiger partial charge in [-0.15, -0.1) is 0 Å². The Bertz CT molecular complexity index is 565. The first-order valence-corrected chi connectivity index (χ1v) is 6.76. The zero-order valence-corrected chi connectivity index (χ0v) is 11.2. The monoisotopic (exact) mass is 253 g/mol. The van der Waals surface area contributed by atoms with E-state index in [9.17, 15) is 0 Å². The number of benzene rings is 1. The minimum atomic E-state index is 0.504. The summed E-state index contributed by atoms with van der Waals surface area (Å²) in [4.78, 5) is 6.71. The number of nitrogens with two attached hydrogens (primary N) is 1. The van der Waals surface area contributed by atoms with Crippen molar-refractivity contribution in [3.8, 4) is 0 Å². The molecular formula is C16H19N3. The molecule has 1 aliphatic rings. The van der Waals surface area contributed by atoms with Gasteiger partial charge in [0, 0.05) is 25.0 Å². The van der Waals surface area contributed by atoms with Crippen LogP contribution in [0, 0.1) is 0 Å². The summed E-state index contributed by atoms with van der Waals surface area (Å²) < 4.78 is 0. The first kappa shape index (κ1) is 12.0. The number of hydrogen-bond donors (Lipinski definition) is 1. The predicted molar refractivity (Wildman–Crippen MR) is 79.3 cm³/mol. The van der Waals surface area contributed by atoms with Crippen LogP contribution < -0.4 is 10.6 Å². The van der Waals surface area contributed by atoms with Crippen LogP contribution in [-0.2, 0) is 12.8 Å². The summed E-state index contributed by atoms with van der Waals surface area (Å²) in [5.74, 6) is 1.04. The average Bonchev–Trinajstić information content (AvgIpc) is 2.47. The van der Waals surface area contributed by atoms with Crippen molar-refractivity contribution >= 4 is 11.5 Å². The van der Waals surface area contributed by atoms with Gasteiger partial charge in [0.2, 0.25) is 0 Å². The van der Waals surface area contributed by atoms with Crippen molar-refractivity contribution in [2.24, 2.45) is 0 Å². The molecule has 1 unspecified atom stereocenters. The van der Waals surface area contributed by atoms with Crippen molar-refractivity contribution in [1.29, 1.82) is 0 Å². The van der Waals surface area contributed by atoms with Crippen molar-refractivity contribution in [3.63, 3.8) is 0 Å². The van der Waals surface area contributed by atoms with Crippen molar-refractivity contribution in [3.05, 3.63) is 53.7 Å². The van der Waals surface area contributed by atoms with E-state index in [-0.39, 0.29) is 0 Å². The quantitative estimate of drug-likeness (QED) is 0.837. The molecule has 3 heteroatoms. The number of likely N-dealkylation sites (N-methyl/N-ethyl adjacent to an activating group) is 1. The Kier molecular flexibility index (Phi) is 3.11. The third-order valence-electron chi connectivity index (χ3n) is 4.05. The van der Waals surface area contributed by atoms with Crippen molar-refractivity contribution in [1.82, 2.24) is 4.98 Å². The van der Waals surface area contributed by atoms with Crippen molar-refractivity contribution < 1.29 is 0 Å². The second-order valence-electron chi connectivity index (χ2n) is 5.18. The molecule has 0 fully saturated rings. The van der Waals surface area contributed by atoms with Crippen LogP contribution in [0.1, 0.15) is 17.5 Å². The lowest BCUT2D eigenvalue weighted by Crippen LogP contribution is -2.37. The van der Waals surface area contributed by atoms with Gasteiger partial charge in [0.05, 0.1) is 0 Å². The predicted octanol–water partition coefficient (Wildman–Crippen LogP) is 2.66. The van der Waals surface area contributed by atoms with Gasteiger partial charge in [-0.05, 0) is 48.6 Å². The smallest absolute Gasteiger partial charge is 0.128 e. The summed E-state index contributed by atoms with van der Waals surface area (Å²) in [5.41, 5.74) is 9.72. The zero-order valence-electron chi connectivity index (χ0n) is 11.2. The summed E-state index contributed by atoms with van der Waals surface area (Å²) in [5, 5.41) is 0. The molecule has 0 amide bonds. The Labute approximate surface area is 114 Å². The molecule has 2 aromatic rings. The van der Waals surface area contributed by atoms with E-state index in [0.29, 0.717) is 6.04 Å². The molecule has 0 saturated heterocycles. The lowest BCUT2D eigenvalue weighted by atomic mass is 9.86. The Balaban J connectivity index is 1.83. The first-order valence-electron chi connectivity index (χ1n) is 6.76. The molecule has 0 bridgehead atoms. The number of anilines is 2. The van der Waals surface area contributed by atoms with Crippen LogP contribution in [-0.4, -0.2) is 18.1 Å². The number of hydrogen-bond acceptors (Lipinski definition) is 3. The van der Waals surface area contributed by atoms with Crippen LogP contribution in [0.5, 0.6) is 0 Å². The van der Waals surface area contributed by atoms with Gasteiger partial charge in [-0.3, -0.25) is 0 Å². The maximum atomic E-state index is 6.05. The molecule has 0 spiro atoms. The molecule has 0 aliphatic heterocycles. The molecule has 3 rings (SSSR count). The molecule has 0 radical (unpaired) electrons. The fraction of sp³-hybridized carbons (Fsp3) is 0.312. The van der Waals surface area contributed by atoms with E-state index in [0.717, 1.165) is 30.8 Å². The Morgan fingerprint density at radius 3 is 2.89 bits per heavy atom. The summed E-state index contributed by atoms with van der Waals surface area (Å²) in [6, 6.07) is 12.8. The highest BCUT2D eigenvalue weighted by molar-refractivity contribution is 5.53. The molecule has 2 N–H and O–H groups in total. The molecule has 1 aliphatic carbocycles. The maximum Gasteiger partial charge on any atom is 0.128 e. The third kappa shape index (κ3) is 2.28. The summed E-state index contributed by atoms with van der Waals surface area (Å²) in [7, 11) is 2.13. The highest BCUT2D eigenvalue weighted by atomic mass is 15.2. The zero-order chi connectivity index (χ0) is 13.2. The summed E-state index contributed by atoms with van der Waals surface area (Å²) in [6.07, 6.45) is 5.09. The highest BCUT2D eigenvalue weighted by Crippen LogP contribution is 2.29. The van der Waals surface area contributed by atoms with Crippen LogP contribution in [0.2, 0.25) is 0 Å². The van der Waals surface area contributed by atoms with Gasteiger partial charge in [0.1, 0.15) is 5.82 Å². The number of pyridine rings is 1. The molecule has 1 heterocycles. The average molecular weight is 253 g/mol. The van der Waals surface area contributed by atoms with Crippen LogP contribution >= 0.6 is 0 Å². The molecule has 1 atom stereocenters. The van der Waals surface area contributed by atoms with E-state index in [2.05, 4.69) is 35.1 Å². The highest BCUT2D eigenvalue weighted by Gasteiger charge is 2.23. The van der Waals surface area contributed by atoms with E-state index in [1.54, 1.807) is 0 Å². The lowest BCUT2D eigenvalue weighted by Gasteiger charge is -2.33. The second kappa shape index (κ2) is 4.92. The van der Waals surface area contributed by atoms with Crippen LogP contribution in [0.3, 0.4) is 0 Å². The number of nitrogen functional groups attached to an aromatic ring is 1. The van der Waals surface area contributed by atoms with Crippen molar-refractivity contribution in [2.75, 3.05) is 17.7 Å². The minimum Gasteiger partial charge on any atom is -0.398 e. The first-order chi connectivity index (χ1) is 9.25. The number of rotatable bonds is 2. The molecule has 3 nitrogen and oxygen atoms in total. The minimum absolute atomic E-state index is 0.504. The summed E-state index contributed by atoms with van der Waals surface area (Å²) >= 11 is 0. The number of aromatic nitrogens is 1. The molecule has 1 aromatic carbocycles. The molecule has 19 heavy (non-hydrogen) atoms. The molecule has 1 aromatic heterocycles. The van der Waals surface area contributed by atoms with Gasteiger partial charge in [0.15, 0.2) is 0 Å². The third-order valence-corrected chi connectivity index (χ3v) is 4.05. The Morgan fingerprint density at radius 1 is 1.21 bits per heavy atom. The van der Waals surface area contributed by atoms with E-state index >= 15 is 0 Å². The fourth-order valence-electron chi connectivity index (χ4n) is 2.90. The van der Waals surface area contributed by atoms with E-state index in [1.165, 1.54) is 11.1 Å². The topological polar surface area (TPSA) is 42.2 Å². The lowest BCUT2D eigenvalue weighted by molar-refractivity contribution is 0.545. The van der Waals surface area contributed by atoms with Gasteiger partial charge in [0.25, 0.3) is 0 Å². The normalized spacial score (nSPS) is 17.8. The maximum absolute atomic E-state index is 6.05. The van der Waals surface area contributed by atoms with E-state index in [4.69, 9.17) is 5.73 Å². The van der Waals surface area contributed by atoms with Gasteiger partial charge in [-0.2, -0.15) is 0 Å².